The quantitative estimate of drug-likeness (QED) is 0.229. The van der Waals surface area contributed by atoms with Crippen molar-refractivity contribution < 1.29 is 29.1 Å². The summed E-state index contributed by atoms with van der Waals surface area (Å²) in [5.74, 6) is -4.15. The fourth-order valence-electron chi connectivity index (χ4n) is 1.98. The van der Waals surface area contributed by atoms with Gasteiger partial charge in [0.1, 0.15) is 18.1 Å². The maximum atomic E-state index is 12.3. The first kappa shape index (κ1) is 23.3. The zero-order chi connectivity index (χ0) is 20.4. The van der Waals surface area contributed by atoms with Gasteiger partial charge < -0.3 is 32.5 Å². The van der Waals surface area contributed by atoms with E-state index < -0.39 is 47.7 Å². The van der Waals surface area contributed by atoms with E-state index in [1.54, 1.807) is 13.8 Å². The highest BCUT2D eigenvalue weighted by atomic mass is 16.4. The number of carboxylic acids is 1. The third-order valence-corrected chi connectivity index (χ3v) is 3.50. The Kier molecular flexibility index (Phi) is 9.89. The molecule has 11 nitrogen and oxygen atoms in total. The number of primary amides is 1. The van der Waals surface area contributed by atoms with E-state index in [1.165, 1.54) is 6.92 Å². The van der Waals surface area contributed by atoms with Crippen LogP contribution in [0.2, 0.25) is 0 Å². The molecule has 0 aromatic carbocycles. The lowest BCUT2D eigenvalue weighted by molar-refractivity contribution is -0.142. The molecule has 0 fully saturated rings. The number of hydrogen-bond donors (Lipinski definition) is 6. The van der Waals surface area contributed by atoms with Crippen LogP contribution in [0.3, 0.4) is 0 Å². The smallest absolute Gasteiger partial charge is 0.326 e. The van der Waals surface area contributed by atoms with Gasteiger partial charge >= 0.3 is 5.97 Å². The second kappa shape index (κ2) is 11.0. The van der Waals surface area contributed by atoms with Crippen LogP contribution in [-0.4, -0.2) is 59.4 Å². The van der Waals surface area contributed by atoms with Gasteiger partial charge in [0.25, 0.3) is 0 Å². The summed E-state index contributed by atoms with van der Waals surface area (Å²) < 4.78 is 0. The average Bonchev–Trinajstić information content (AvgIpc) is 2.54. The second-order valence-corrected chi connectivity index (χ2v) is 6.13. The summed E-state index contributed by atoms with van der Waals surface area (Å²) in [4.78, 5) is 57.6. The molecular formula is C15H27N5O6. The van der Waals surface area contributed by atoms with Crippen LogP contribution in [0.4, 0.5) is 0 Å². The lowest BCUT2D eigenvalue weighted by Gasteiger charge is -2.24. The number of amides is 4. The van der Waals surface area contributed by atoms with Crippen LogP contribution in [0.5, 0.6) is 0 Å². The Morgan fingerprint density at radius 1 is 0.962 bits per heavy atom. The van der Waals surface area contributed by atoms with Crippen LogP contribution < -0.4 is 27.4 Å². The summed E-state index contributed by atoms with van der Waals surface area (Å²) >= 11 is 0. The fourth-order valence-corrected chi connectivity index (χ4v) is 1.98. The summed E-state index contributed by atoms with van der Waals surface area (Å²) in [5, 5.41) is 16.2. The first-order chi connectivity index (χ1) is 12.0. The third-order valence-electron chi connectivity index (χ3n) is 3.50. The monoisotopic (exact) mass is 373 g/mol. The van der Waals surface area contributed by atoms with Gasteiger partial charge in [-0.05, 0) is 19.3 Å². The molecule has 0 spiro atoms. The number of hydrogen-bond acceptors (Lipinski definition) is 6. The predicted octanol–water partition coefficient (Wildman–Crippen LogP) is -2.57. The zero-order valence-corrected chi connectivity index (χ0v) is 15.1. The molecule has 0 aromatic heterocycles. The molecule has 0 radical (unpaired) electrons. The first-order valence-corrected chi connectivity index (χ1v) is 8.10. The number of rotatable bonds is 11. The highest BCUT2D eigenvalue weighted by Crippen LogP contribution is 2.03. The van der Waals surface area contributed by atoms with Gasteiger partial charge in [-0.3, -0.25) is 19.2 Å². The summed E-state index contributed by atoms with van der Waals surface area (Å²) in [6.07, 6.45) is -0.378. The van der Waals surface area contributed by atoms with Crippen LogP contribution >= 0.6 is 0 Å². The Balaban J connectivity index is 4.83. The number of carboxylic acid groups (broad SMARTS) is 1. The molecule has 4 amide bonds. The highest BCUT2D eigenvalue weighted by Gasteiger charge is 2.28. The number of nitrogens with one attached hydrogen (secondary N) is 3. The molecule has 11 heteroatoms. The average molecular weight is 373 g/mol. The normalized spacial score (nSPS) is 14.0. The van der Waals surface area contributed by atoms with Gasteiger partial charge in [-0.2, -0.15) is 0 Å². The van der Waals surface area contributed by atoms with Gasteiger partial charge in [-0.1, -0.05) is 13.8 Å². The predicted molar refractivity (Wildman–Crippen MR) is 91.4 cm³/mol. The molecule has 3 atom stereocenters. The van der Waals surface area contributed by atoms with Crippen molar-refractivity contribution in [3.05, 3.63) is 0 Å². The van der Waals surface area contributed by atoms with Crippen molar-refractivity contribution in [1.29, 1.82) is 0 Å². The van der Waals surface area contributed by atoms with E-state index >= 15 is 0 Å². The molecule has 0 saturated carbocycles. The standard InChI is InChI=1S/C15H27N5O6/c1-7(2)12(20-11(22)6-16)14(24)18-8(3)13(23)19-9(15(25)26)4-5-10(17)21/h7-9,12H,4-6,16H2,1-3H3,(H2,17,21)(H,18,24)(H,19,23)(H,20,22)(H,25,26). The van der Waals surface area contributed by atoms with Gasteiger partial charge in [0, 0.05) is 6.42 Å². The van der Waals surface area contributed by atoms with E-state index in [9.17, 15) is 24.0 Å². The van der Waals surface area contributed by atoms with Gasteiger partial charge in [0.2, 0.25) is 23.6 Å². The number of carbonyl (C=O) groups is 5. The van der Waals surface area contributed by atoms with Crippen molar-refractivity contribution in [3.63, 3.8) is 0 Å². The topological polar surface area (TPSA) is 194 Å². The first-order valence-electron chi connectivity index (χ1n) is 8.10. The molecule has 0 aromatic rings. The Labute approximate surface area is 151 Å². The molecule has 0 bridgehead atoms. The van der Waals surface area contributed by atoms with Crippen molar-refractivity contribution in [3.8, 4) is 0 Å². The number of carbonyl (C=O) groups excluding carboxylic acids is 4. The lowest BCUT2D eigenvalue weighted by Crippen LogP contribution is -2.56. The number of aliphatic carboxylic acids is 1. The molecule has 148 valence electrons. The molecule has 8 N–H and O–H groups in total. The lowest BCUT2D eigenvalue weighted by atomic mass is 10.0. The molecule has 0 saturated heterocycles. The van der Waals surface area contributed by atoms with E-state index in [0.717, 1.165) is 0 Å². The zero-order valence-electron chi connectivity index (χ0n) is 15.1. The van der Waals surface area contributed by atoms with E-state index in [-0.39, 0.29) is 25.3 Å². The third kappa shape index (κ3) is 8.42. The van der Waals surface area contributed by atoms with Crippen molar-refractivity contribution >= 4 is 29.6 Å². The van der Waals surface area contributed by atoms with Crippen LogP contribution in [0.25, 0.3) is 0 Å². The van der Waals surface area contributed by atoms with Gasteiger partial charge in [-0.15, -0.1) is 0 Å². The fraction of sp³-hybridized carbons (Fsp3) is 0.667. The molecule has 0 aliphatic heterocycles. The van der Waals surface area contributed by atoms with Crippen LogP contribution in [0.15, 0.2) is 0 Å². The molecule has 26 heavy (non-hydrogen) atoms. The summed E-state index contributed by atoms with van der Waals surface area (Å²) in [5.41, 5.74) is 10.2. The van der Waals surface area contributed by atoms with Crippen molar-refractivity contribution in [2.24, 2.45) is 17.4 Å². The summed E-state index contributed by atoms with van der Waals surface area (Å²) in [6.45, 7) is 4.49. The molecule has 0 heterocycles. The van der Waals surface area contributed by atoms with Gasteiger partial charge in [-0.25, -0.2) is 4.79 Å². The maximum Gasteiger partial charge on any atom is 0.326 e. The summed E-state index contributed by atoms with van der Waals surface area (Å²) in [7, 11) is 0. The van der Waals surface area contributed by atoms with Gasteiger partial charge in [0.05, 0.1) is 6.54 Å². The Morgan fingerprint density at radius 3 is 1.96 bits per heavy atom. The molecule has 0 aliphatic rings. The summed E-state index contributed by atoms with van der Waals surface area (Å²) in [6, 6.07) is -3.27. The second-order valence-electron chi connectivity index (χ2n) is 6.13. The van der Waals surface area contributed by atoms with E-state index in [4.69, 9.17) is 16.6 Å². The molecular weight excluding hydrogens is 346 g/mol. The Morgan fingerprint density at radius 2 is 1.54 bits per heavy atom. The van der Waals surface area contributed by atoms with Crippen molar-refractivity contribution in [1.82, 2.24) is 16.0 Å². The SMILES string of the molecule is CC(NC(=O)C(NC(=O)CN)C(C)C)C(=O)NC(CCC(N)=O)C(=O)O. The van der Waals surface area contributed by atoms with Gasteiger partial charge in [0.15, 0.2) is 0 Å². The molecule has 3 unspecified atom stereocenters. The molecule has 0 aliphatic carbocycles. The van der Waals surface area contributed by atoms with Crippen molar-refractivity contribution in [2.75, 3.05) is 6.54 Å². The Bertz CT molecular complexity index is 551. The maximum absolute atomic E-state index is 12.3. The minimum Gasteiger partial charge on any atom is -0.480 e. The van der Waals surface area contributed by atoms with Crippen LogP contribution in [0, 0.1) is 5.92 Å². The Hall–Kier alpha value is -2.69. The van der Waals surface area contributed by atoms with E-state index in [2.05, 4.69) is 16.0 Å². The number of nitrogens with two attached hydrogens (primary N) is 2. The van der Waals surface area contributed by atoms with Crippen LogP contribution in [0.1, 0.15) is 33.6 Å². The van der Waals surface area contributed by atoms with E-state index in [0.29, 0.717) is 0 Å². The highest BCUT2D eigenvalue weighted by molar-refractivity contribution is 5.93. The minimum absolute atomic E-state index is 0.168. The molecule has 0 rings (SSSR count). The largest absolute Gasteiger partial charge is 0.480 e. The van der Waals surface area contributed by atoms with E-state index in [1.807, 2.05) is 0 Å². The minimum atomic E-state index is -1.33. The van der Waals surface area contributed by atoms with Crippen LogP contribution in [-0.2, 0) is 24.0 Å². The van der Waals surface area contributed by atoms with Crippen molar-refractivity contribution in [2.45, 2.75) is 51.7 Å².